The summed E-state index contributed by atoms with van der Waals surface area (Å²) in [6, 6.07) is 4.84. The van der Waals surface area contributed by atoms with Crippen molar-refractivity contribution in [2.45, 2.75) is 25.3 Å². The summed E-state index contributed by atoms with van der Waals surface area (Å²) in [7, 11) is 0. The molecule has 0 saturated carbocycles. The Bertz CT molecular complexity index is 521. The van der Waals surface area contributed by atoms with Gasteiger partial charge < -0.3 is 10.0 Å². The number of carboxylic acids is 1. The van der Waals surface area contributed by atoms with Crippen molar-refractivity contribution < 1.29 is 14.7 Å². The van der Waals surface area contributed by atoms with Gasteiger partial charge in [0.25, 0.3) is 5.91 Å². The summed E-state index contributed by atoms with van der Waals surface area (Å²) < 4.78 is 0.803. The van der Waals surface area contributed by atoms with Crippen LogP contribution in [0.5, 0.6) is 0 Å². The molecule has 0 spiro atoms. The number of carbonyl (C=O) groups is 2. The molecule has 1 heterocycles. The lowest BCUT2D eigenvalue weighted by Gasteiger charge is -2.24. The molecular formula is C13H13BrClNO3. The van der Waals surface area contributed by atoms with Crippen molar-refractivity contribution in [2.24, 2.45) is 0 Å². The van der Waals surface area contributed by atoms with E-state index < -0.39 is 5.97 Å². The maximum Gasteiger partial charge on any atom is 0.305 e. The van der Waals surface area contributed by atoms with E-state index in [0.29, 0.717) is 17.1 Å². The first-order valence-electron chi connectivity index (χ1n) is 5.97. The summed E-state index contributed by atoms with van der Waals surface area (Å²) in [6.07, 6.45) is 1.55. The van der Waals surface area contributed by atoms with Gasteiger partial charge in [-0.1, -0.05) is 27.5 Å². The van der Waals surface area contributed by atoms with E-state index in [0.717, 1.165) is 17.3 Å². The Morgan fingerprint density at radius 1 is 1.47 bits per heavy atom. The Kier molecular flexibility index (Phi) is 4.47. The van der Waals surface area contributed by atoms with Gasteiger partial charge in [0.15, 0.2) is 0 Å². The van der Waals surface area contributed by atoms with Crippen LogP contribution in [0.25, 0.3) is 0 Å². The second-order valence-electron chi connectivity index (χ2n) is 4.52. The zero-order valence-electron chi connectivity index (χ0n) is 10.1. The van der Waals surface area contributed by atoms with Crippen LogP contribution in [-0.2, 0) is 4.79 Å². The van der Waals surface area contributed by atoms with E-state index in [9.17, 15) is 9.59 Å². The van der Waals surface area contributed by atoms with Gasteiger partial charge in [0.2, 0.25) is 0 Å². The minimum Gasteiger partial charge on any atom is -0.481 e. The second kappa shape index (κ2) is 5.92. The molecule has 1 N–H and O–H groups in total. The van der Waals surface area contributed by atoms with E-state index in [1.165, 1.54) is 0 Å². The van der Waals surface area contributed by atoms with Crippen LogP contribution < -0.4 is 0 Å². The number of halogens is 2. The Morgan fingerprint density at radius 3 is 2.84 bits per heavy atom. The van der Waals surface area contributed by atoms with E-state index in [1.54, 1.807) is 23.1 Å². The lowest BCUT2D eigenvalue weighted by Crippen LogP contribution is -2.37. The molecule has 6 heteroatoms. The fraction of sp³-hybridized carbons (Fsp3) is 0.385. The van der Waals surface area contributed by atoms with Gasteiger partial charge in [-0.2, -0.15) is 0 Å². The molecule has 1 aliphatic rings. The average molecular weight is 347 g/mol. The molecule has 4 nitrogen and oxygen atoms in total. The first-order valence-corrected chi connectivity index (χ1v) is 7.14. The molecule has 19 heavy (non-hydrogen) atoms. The quantitative estimate of drug-likeness (QED) is 0.914. The highest BCUT2D eigenvalue weighted by Crippen LogP contribution is 2.27. The van der Waals surface area contributed by atoms with Crippen molar-refractivity contribution in [3.8, 4) is 0 Å². The summed E-state index contributed by atoms with van der Waals surface area (Å²) in [6.45, 7) is 0.586. The van der Waals surface area contributed by atoms with Crippen LogP contribution in [-0.4, -0.2) is 34.5 Å². The molecule has 1 aromatic rings. The number of benzene rings is 1. The fourth-order valence-corrected chi connectivity index (χ4v) is 3.09. The summed E-state index contributed by atoms with van der Waals surface area (Å²) in [5.41, 5.74) is 0.419. The molecule has 1 saturated heterocycles. The third-order valence-corrected chi connectivity index (χ3v) is 4.02. The van der Waals surface area contributed by atoms with Crippen LogP contribution in [0.1, 0.15) is 29.6 Å². The molecule has 102 valence electrons. The average Bonchev–Trinajstić information content (AvgIpc) is 2.75. The minimum atomic E-state index is -0.883. The van der Waals surface area contributed by atoms with E-state index in [1.807, 2.05) is 0 Å². The van der Waals surface area contributed by atoms with Crippen LogP contribution in [0.4, 0.5) is 0 Å². The topological polar surface area (TPSA) is 57.6 Å². The van der Waals surface area contributed by atoms with Gasteiger partial charge in [0.05, 0.1) is 17.0 Å². The number of carboxylic acid groups (broad SMARTS) is 1. The van der Waals surface area contributed by atoms with Gasteiger partial charge in [-0.3, -0.25) is 9.59 Å². The van der Waals surface area contributed by atoms with Crippen molar-refractivity contribution in [1.82, 2.24) is 4.90 Å². The molecule has 0 aromatic heterocycles. The molecule has 1 atom stereocenters. The van der Waals surface area contributed by atoms with E-state index >= 15 is 0 Å². The summed E-state index contributed by atoms with van der Waals surface area (Å²) in [4.78, 5) is 24.8. The third-order valence-electron chi connectivity index (χ3n) is 3.21. The highest BCUT2D eigenvalue weighted by atomic mass is 79.9. The maximum atomic E-state index is 12.4. The predicted molar refractivity (Wildman–Crippen MR) is 75.5 cm³/mol. The molecular weight excluding hydrogens is 334 g/mol. The molecule has 1 aliphatic heterocycles. The normalized spacial score (nSPS) is 18.6. The Morgan fingerprint density at radius 2 is 2.21 bits per heavy atom. The standard InChI is InChI=1S/C13H13BrClNO3/c14-8-3-4-10(11(15)6-8)13(19)16-5-1-2-9(16)7-12(17)18/h3-4,6,9H,1-2,5,7H2,(H,17,18). The monoisotopic (exact) mass is 345 g/mol. The predicted octanol–water partition coefficient (Wildman–Crippen LogP) is 3.18. The lowest BCUT2D eigenvalue weighted by molar-refractivity contribution is -0.137. The van der Waals surface area contributed by atoms with Crippen molar-refractivity contribution >= 4 is 39.4 Å². The summed E-state index contributed by atoms with van der Waals surface area (Å²) in [5.74, 6) is -1.08. The second-order valence-corrected chi connectivity index (χ2v) is 5.84. The number of rotatable bonds is 3. The Labute approximate surface area is 124 Å². The third kappa shape index (κ3) is 3.28. The fourth-order valence-electron chi connectivity index (χ4n) is 2.33. The zero-order valence-corrected chi connectivity index (χ0v) is 12.4. The minimum absolute atomic E-state index is 0.0140. The molecule has 0 bridgehead atoms. The van der Waals surface area contributed by atoms with E-state index in [4.69, 9.17) is 16.7 Å². The van der Waals surface area contributed by atoms with Gasteiger partial charge in [-0.05, 0) is 31.0 Å². The number of hydrogen-bond donors (Lipinski definition) is 1. The maximum absolute atomic E-state index is 12.4. The Balaban J connectivity index is 2.20. The van der Waals surface area contributed by atoms with E-state index in [-0.39, 0.29) is 18.4 Å². The molecule has 1 fully saturated rings. The number of nitrogens with zero attached hydrogens (tertiary/aromatic N) is 1. The number of likely N-dealkylation sites (tertiary alicyclic amines) is 1. The van der Waals surface area contributed by atoms with Gasteiger partial charge in [-0.15, -0.1) is 0 Å². The summed E-state index contributed by atoms with van der Waals surface area (Å²) in [5, 5.41) is 9.24. The molecule has 0 aliphatic carbocycles. The number of aliphatic carboxylic acids is 1. The number of carbonyl (C=O) groups excluding carboxylic acids is 1. The van der Waals surface area contributed by atoms with E-state index in [2.05, 4.69) is 15.9 Å². The first kappa shape index (κ1) is 14.3. The van der Waals surface area contributed by atoms with Crippen LogP contribution >= 0.6 is 27.5 Å². The molecule has 1 aromatic carbocycles. The zero-order chi connectivity index (χ0) is 14.0. The largest absolute Gasteiger partial charge is 0.481 e. The van der Waals surface area contributed by atoms with Crippen LogP contribution in [0.3, 0.4) is 0 Å². The van der Waals surface area contributed by atoms with Crippen molar-refractivity contribution in [2.75, 3.05) is 6.54 Å². The highest BCUT2D eigenvalue weighted by Gasteiger charge is 2.31. The van der Waals surface area contributed by atoms with Crippen molar-refractivity contribution in [1.29, 1.82) is 0 Å². The lowest BCUT2D eigenvalue weighted by atomic mass is 10.1. The van der Waals surface area contributed by atoms with Gasteiger partial charge in [-0.25, -0.2) is 0 Å². The first-order chi connectivity index (χ1) is 8.99. The van der Waals surface area contributed by atoms with Gasteiger partial charge in [0.1, 0.15) is 0 Å². The van der Waals surface area contributed by atoms with Gasteiger partial charge in [0, 0.05) is 17.1 Å². The van der Waals surface area contributed by atoms with Crippen molar-refractivity contribution in [3.63, 3.8) is 0 Å². The molecule has 0 radical (unpaired) electrons. The SMILES string of the molecule is O=C(O)CC1CCCN1C(=O)c1ccc(Br)cc1Cl. The van der Waals surface area contributed by atoms with Crippen LogP contribution in [0.15, 0.2) is 22.7 Å². The van der Waals surface area contributed by atoms with Crippen LogP contribution in [0, 0.1) is 0 Å². The highest BCUT2D eigenvalue weighted by molar-refractivity contribution is 9.10. The number of amides is 1. The molecule has 1 amide bonds. The molecule has 2 rings (SSSR count). The smallest absolute Gasteiger partial charge is 0.305 e. The summed E-state index contributed by atoms with van der Waals surface area (Å²) >= 11 is 9.35. The van der Waals surface area contributed by atoms with Gasteiger partial charge >= 0.3 is 5.97 Å². The van der Waals surface area contributed by atoms with Crippen molar-refractivity contribution in [3.05, 3.63) is 33.3 Å². The van der Waals surface area contributed by atoms with Crippen LogP contribution in [0.2, 0.25) is 5.02 Å². The molecule has 1 unspecified atom stereocenters. The number of hydrogen-bond acceptors (Lipinski definition) is 2. The Hall–Kier alpha value is -1.07.